The van der Waals surface area contributed by atoms with Crippen LogP contribution in [0.1, 0.15) is 52.7 Å². The van der Waals surface area contributed by atoms with Gasteiger partial charge in [0.2, 0.25) is 0 Å². The third kappa shape index (κ3) is 7.30. The predicted molar refractivity (Wildman–Crippen MR) is 268 cm³/mol. The summed E-state index contributed by atoms with van der Waals surface area (Å²) in [6.45, 7) is 13.4. The Morgan fingerprint density at radius 3 is 1.20 bits per heavy atom. The minimum Gasteiger partial charge on any atom is -0.457 e. The van der Waals surface area contributed by atoms with E-state index in [1.165, 1.54) is 21.9 Å². The number of nitrogens with zero attached hydrogens (tertiary/aromatic N) is 6. The van der Waals surface area contributed by atoms with E-state index in [9.17, 15) is 0 Å². The van der Waals surface area contributed by atoms with Gasteiger partial charge in [0.15, 0.2) is 0 Å². The number of fused-ring (bicyclic) bond motifs is 6. The van der Waals surface area contributed by atoms with Crippen molar-refractivity contribution < 1.29 is 9.47 Å². The summed E-state index contributed by atoms with van der Waals surface area (Å²) in [7, 11) is 0. The van der Waals surface area contributed by atoms with Gasteiger partial charge < -0.3 is 9.47 Å². The summed E-state index contributed by atoms with van der Waals surface area (Å²) >= 11 is 0. The second-order valence-electron chi connectivity index (χ2n) is 18.9. The summed E-state index contributed by atoms with van der Waals surface area (Å²) in [5, 5.41) is 4.62. The third-order valence-corrected chi connectivity index (χ3v) is 12.3. The molecule has 0 spiro atoms. The van der Waals surface area contributed by atoms with Crippen LogP contribution in [0.3, 0.4) is 0 Å². The van der Waals surface area contributed by atoms with Crippen molar-refractivity contribution in [2.75, 3.05) is 0 Å². The zero-order valence-corrected chi connectivity index (χ0v) is 37.8. The van der Waals surface area contributed by atoms with Crippen molar-refractivity contribution in [1.29, 1.82) is 0 Å². The topological polar surface area (TPSA) is 79.9 Å². The highest BCUT2D eigenvalue weighted by Crippen LogP contribution is 2.40. The van der Waals surface area contributed by atoms with Gasteiger partial charge in [-0.1, -0.05) is 114 Å². The number of aromatic nitrogens is 6. The first kappa shape index (κ1) is 40.7. The molecule has 11 aromatic rings. The largest absolute Gasteiger partial charge is 0.457 e. The van der Waals surface area contributed by atoms with Crippen LogP contribution in [0.15, 0.2) is 183 Å². The van der Waals surface area contributed by atoms with Crippen LogP contribution in [0, 0.1) is 0 Å². The van der Waals surface area contributed by atoms with E-state index in [4.69, 9.17) is 29.4 Å². The molecule has 0 saturated heterocycles. The first-order valence-corrected chi connectivity index (χ1v) is 22.3. The maximum absolute atomic E-state index is 6.57. The SMILES string of the molecule is CC(C)(C)c1cccnc1-n1c2ccccc2c2ccc(Oc3cccc(-c4cnc(-c5cccc(Oc6ccc7c8ccccc8n(-c8ncccc8C(C)(C)C)c7c6)c5)cn4)c3)cc21. The quantitative estimate of drug-likeness (QED) is 0.151. The molecule has 5 aromatic heterocycles. The van der Waals surface area contributed by atoms with Crippen molar-refractivity contribution in [2.45, 2.75) is 52.4 Å². The fourth-order valence-electron chi connectivity index (χ4n) is 9.14. The Hall–Kier alpha value is -8.10. The summed E-state index contributed by atoms with van der Waals surface area (Å²) in [4.78, 5) is 19.6. The Balaban J connectivity index is 0.861. The predicted octanol–water partition coefficient (Wildman–Crippen LogP) is 15.0. The van der Waals surface area contributed by atoms with Gasteiger partial charge in [0, 0.05) is 68.3 Å². The second kappa shape index (κ2) is 15.9. The van der Waals surface area contributed by atoms with Crippen molar-refractivity contribution in [3.8, 4) is 57.1 Å². The molecule has 0 aliphatic heterocycles. The smallest absolute Gasteiger partial charge is 0.141 e. The standard InChI is InChI=1S/C58H48N6O2/c1-57(2,3)47-21-13-29-59-55(47)63-51-23-9-7-19-43(51)45-27-25-41(33-53(45)63)65-39-17-11-15-37(31-39)49-35-62-50(36-61-49)38-16-12-18-40(32-38)66-42-26-28-46-44-20-8-10-24-52(44)64(54(46)34-42)56-48(58(4,5)6)22-14-30-60-56/h7-36H,1-6H3. The Labute approximate surface area is 383 Å². The van der Waals surface area contributed by atoms with E-state index in [0.717, 1.165) is 78.5 Å². The summed E-state index contributed by atoms with van der Waals surface area (Å²) < 4.78 is 17.7. The van der Waals surface area contributed by atoms with E-state index >= 15 is 0 Å². The average Bonchev–Trinajstić information content (AvgIpc) is 3.83. The van der Waals surface area contributed by atoms with E-state index in [1.807, 2.05) is 97.6 Å². The molecule has 0 N–H and O–H groups in total. The Morgan fingerprint density at radius 1 is 0.364 bits per heavy atom. The summed E-state index contributed by atoms with van der Waals surface area (Å²) in [5.41, 5.74) is 9.68. The lowest BCUT2D eigenvalue weighted by Crippen LogP contribution is -2.16. The minimum absolute atomic E-state index is 0.102. The normalized spacial score (nSPS) is 12.1. The van der Waals surface area contributed by atoms with Gasteiger partial charge in [0.1, 0.15) is 34.6 Å². The highest BCUT2D eigenvalue weighted by molar-refractivity contribution is 6.10. The number of ether oxygens (including phenoxy) is 2. The van der Waals surface area contributed by atoms with E-state index in [1.54, 1.807) is 0 Å². The molecular weight excluding hydrogens is 813 g/mol. The minimum atomic E-state index is -0.102. The van der Waals surface area contributed by atoms with Crippen LogP contribution in [-0.4, -0.2) is 29.1 Å². The number of pyridine rings is 2. The van der Waals surface area contributed by atoms with E-state index < -0.39 is 0 Å². The van der Waals surface area contributed by atoms with Gasteiger partial charge in [0.25, 0.3) is 0 Å². The number of benzene rings is 6. The van der Waals surface area contributed by atoms with Gasteiger partial charge in [-0.2, -0.15) is 0 Å². The lowest BCUT2D eigenvalue weighted by Gasteiger charge is -2.23. The molecule has 6 aromatic carbocycles. The average molecular weight is 861 g/mol. The van der Waals surface area contributed by atoms with Gasteiger partial charge in [-0.05, 0) is 83.6 Å². The number of hydrogen-bond acceptors (Lipinski definition) is 6. The Morgan fingerprint density at radius 2 is 0.773 bits per heavy atom. The van der Waals surface area contributed by atoms with Gasteiger partial charge in [-0.25, -0.2) is 9.97 Å². The molecule has 0 saturated carbocycles. The summed E-state index contributed by atoms with van der Waals surface area (Å²) in [5.74, 6) is 4.70. The van der Waals surface area contributed by atoms with Crippen LogP contribution < -0.4 is 9.47 Å². The number of para-hydroxylation sites is 2. The molecule has 11 rings (SSSR count). The fraction of sp³-hybridized carbons (Fsp3) is 0.138. The molecule has 0 radical (unpaired) electrons. The van der Waals surface area contributed by atoms with Crippen LogP contribution in [0.4, 0.5) is 0 Å². The molecule has 8 nitrogen and oxygen atoms in total. The molecule has 5 heterocycles. The maximum Gasteiger partial charge on any atom is 0.141 e. The van der Waals surface area contributed by atoms with Gasteiger partial charge in [0.05, 0.1) is 45.8 Å². The molecule has 0 bridgehead atoms. The molecule has 0 atom stereocenters. The zero-order chi connectivity index (χ0) is 45.2. The van der Waals surface area contributed by atoms with Crippen LogP contribution in [0.5, 0.6) is 23.0 Å². The first-order valence-electron chi connectivity index (χ1n) is 22.3. The molecule has 0 unspecified atom stereocenters. The van der Waals surface area contributed by atoms with Crippen LogP contribution in [-0.2, 0) is 10.8 Å². The highest BCUT2D eigenvalue weighted by Gasteiger charge is 2.25. The van der Waals surface area contributed by atoms with Crippen molar-refractivity contribution in [2.24, 2.45) is 0 Å². The van der Waals surface area contributed by atoms with E-state index in [-0.39, 0.29) is 10.8 Å². The Kier molecular flexibility index (Phi) is 9.77. The fourth-order valence-corrected chi connectivity index (χ4v) is 9.14. The molecule has 66 heavy (non-hydrogen) atoms. The molecule has 322 valence electrons. The molecular formula is C58H48N6O2. The van der Waals surface area contributed by atoms with Crippen molar-refractivity contribution >= 4 is 43.6 Å². The number of hydrogen-bond donors (Lipinski definition) is 0. The maximum atomic E-state index is 6.57. The van der Waals surface area contributed by atoms with Crippen molar-refractivity contribution in [3.05, 3.63) is 194 Å². The Bertz CT molecular complexity index is 3390. The molecule has 0 fully saturated rings. The monoisotopic (exact) mass is 860 g/mol. The van der Waals surface area contributed by atoms with Crippen LogP contribution in [0.2, 0.25) is 0 Å². The lowest BCUT2D eigenvalue weighted by atomic mass is 9.87. The lowest BCUT2D eigenvalue weighted by molar-refractivity contribution is 0.483. The molecule has 8 heteroatoms. The van der Waals surface area contributed by atoms with Crippen LogP contribution in [0.25, 0.3) is 77.8 Å². The van der Waals surface area contributed by atoms with E-state index in [2.05, 4.69) is 136 Å². The summed E-state index contributed by atoms with van der Waals surface area (Å²) in [6, 6.07) is 53.9. The number of rotatable bonds is 8. The third-order valence-electron chi connectivity index (χ3n) is 12.3. The zero-order valence-electron chi connectivity index (χ0n) is 37.8. The van der Waals surface area contributed by atoms with E-state index in [0.29, 0.717) is 11.5 Å². The molecule has 0 aliphatic carbocycles. The van der Waals surface area contributed by atoms with Crippen molar-refractivity contribution in [3.63, 3.8) is 0 Å². The molecule has 0 amide bonds. The van der Waals surface area contributed by atoms with Crippen LogP contribution >= 0.6 is 0 Å². The highest BCUT2D eigenvalue weighted by atomic mass is 16.5. The second-order valence-corrected chi connectivity index (χ2v) is 18.9. The van der Waals surface area contributed by atoms with Gasteiger partial charge in [-0.15, -0.1) is 0 Å². The first-order chi connectivity index (χ1) is 32.0. The van der Waals surface area contributed by atoms with Gasteiger partial charge >= 0.3 is 0 Å². The van der Waals surface area contributed by atoms with Crippen molar-refractivity contribution in [1.82, 2.24) is 29.1 Å². The summed E-state index contributed by atoms with van der Waals surface area (Å²) in [6.07, 6.45) is 7.35. The molecule has 0 aliphatic rings. The van der Waals surface area contributed by atoms with Gasteiger partial charge in [-0.3, -0.25) is 19.1 Å².